The maximum Gasteiger partial charge on any atom is 0.269 e. The second-order valence-electron chi connectivity index (χ2n) is 4.55. The Morgan fingerprint density at radius 3 is 2.30 bits per heavy atom. The fourth-order valence-electron chi connectivity index (χ4n) is 1.89. The third kappa shape index (κ3) is 2.88. The Bertz CT molecular complexity index is 477. The zero-order valence-corrected chi connectivity index (χ0v) is 10.6. The van der Waals surface area contributed by atoms with Gasteiger partial charge in [-0.25, -0.2) is 0 Å². The SMILES string of the molecule is C[C@@H]1O[C@H](Oc2ccc([N+](=O)[O-])cc2)[C@H](O)[C@H](O)[C@@H]1O. The second-order valence-corrected chi connectivity index (χ2v) is 4.55. The lowest BCUT2D eigenvalue weighted by Gasteiger charge is -2.38. The highest BCUT2D eigenvalue weighted by atomic mass is 16.7. The molecule has 1 fully saturated rings. The number of rotatable bonds is 3. The number of hydrogen-bond acceptors (Lipinski definition) is 7. The van der Waals surface area contributed by atoms with Gasteiger partial charge in [0, 0.05) is 12.1 Å². The third-order valence-electron chi connectivity index (χ3n) is 3.11. The Kier molecular flexibility index (Phi) is 4.19. The Balaban J connectivity index is 2.07. The van der Waals surface area contributed by atoms with Crippen molar-refractivity contribution in [2.24, 2.45) is 0 Å². The monoisotopic (exact) mass is 285 g/mol. The summed E-state index contributed by atoms with van der Waals surface area (Å²) in [6, 6.07) is 5.21. The van der Waals surface area contributed by atoms with Gasteiger partial charge in [0.25, 0.3) is 5.69 Å². The smallest absolute Gasteiger partial charge is 0.269 e. The van der Waals surface area contributed by atoms with Crippen LogP contribution >= 0.6 is 0 Å². The molecule has 3 N–H and O–H groups in total. The summed E-state index contributed by atoms with van der Waals surface area (Å²) in [7, 11) is 0. The molecule has 1 aromatic rings. The van der Waals surface area contributed by atoms with Crippen LogP contribution in [0, 0.1) is 10.1 Å². The minimum atomic E-state index is -1.42. The van der Waals surface area contributed by atoms with Crippen molar-refractivity contribution in [3.05, 3.63) is 34.4 Å². The van der Waals surface area contributed by atoms with Crippen LogP contribution in [-0.4, -0.2) is 50.9 Å². The van der Waals surface area contributed by atoms with Crippen LogP contribution in [0.25, 0.3) is 0 Å². The van der Waals surface area contributed by atoms with Crippen molar-refractivity contribution in [3.63, 3.8) is 0 Å². The summed E-state index contributed by atoms with van der Waals surface area (Å²) in [5, 5.41) is 39.4. The Labute approximate surface area is 114 Å². The maximum absolute atomic E-state index is 10.5. The van der Waals surface area contributed by atoms with Crippen molar-refractivity contribution in [2.75, 3.05) is 0 Å². The van der Waals surface area contributed by atoms with Crippen LogP contribution < -0.4 is 4.74 Å². The molecule has 1 saturated heterocycles. The molecule has 0 radical (unpaired) electrons. The lowest BCUT2D eigenvalue weighted by Crippen LogP contribution is -2.58. The van der Waals surface area contributed by atoms with E-state index in [0.29, 0.717) is 0 Å². The van der Waals surface area contributed by atoms with Crippen LogP contribution in [0.3, 0.4) is 0 Å². The fourth-order valence-corrected chi connectivity index (χ4v) is 1.89. The Hall–Kier alpha value is -1.74. The van der Waals surface area contributed by atoms with Gasteiger partial charge in [0.15, 0.2) is 0 Å². The number of hydrogen-bond donors (Lipinski definition) is 3. The number of nitrogens with zero attached hydrogens (tertiary/aromatic N) is 1. The molecule has 1 heterocycles. The molecule has 8 nitrogen and oxygen atoms in total. The van der Waals surface area contributed by atoms with E-state index in [-0.39, 0.29) is 11.4 Å². The highest BCUT2D eigenvalue weighted by molar-refractivity contribution is 5.36. The van der Waals surface area contributed by atoms with E-state index < -0.39 is 35.6 Å². The molecule has 5 atom stereocenters. The second kappa shape index (κ2) is 5.71. The molecule has 0 unspecified atom stereocenters. The summed E-state index contributed by atoms with van der Waals surface area (Å²) in [6.45, 7) is 1.53. The highest BCUT2D eigenvalue weighted by Gasteiger charge is 2.43. The summed E-state index contributed by atoms with van der Waals surface area (Å²) in [4.78, 5) is 9.97. The van der Waals surface area contributed by atoms with Crippen molar-refractivity contribution in [1.29, 1.82) is 0 Å². The summed E-state index contributed by atoms with van der Waals surface area (Å²) < 4.78 is 10.6. The first-order chi connectivity index (χ1) is 9.40. The minimum Gasteiger partial charge on any atom is -0.462 e. The van der Waals surface area contributed by atoms with Gasteiger partial charge in [-0.3, -0.25) is 10.1 Å². The van der Waals surface area contributed by atoms with Gasteiger partial charge in [0.1, 0.15) is 24.1 Å². The Morgan fingerprint density at radius 1 is 1.15 bits per heavy atom. The maximum atomic E-state index is 10.5. The molecule has 1 aromatic carbocycles. The molecule has 110 valence electrons. The molecule has 1 aliphatic heterocycles. The molecule has 20 heavy (non-hydrogen) atoms. The zero-order chi connectivity index (χ0) is 14.9. The Morgan fingerprint density at radius 2 is 1.75 bits per heavy atom. The predicted octanol–water partition coefficient (Wildman–Crippen LogP) is -0.199. The molecule has 0 saturated carbocycles. The summed E-state index contributed by atoms with van der Waals surface area (Å²) in [5.41, 5.74) is -0.0914. The van der Waals surface area contributed by atoms with Gasteiger partial charge in [-0.2, -0.15) is 0 Å². The van der Waals surface area contributed by atoms with Gasteiger partial charge in [-0.15, -0.1) is 0 Å². The molecule has 8 heteroatoms. The summed E-state index contributed by atoms with van der Waals surface area (Å²) in [5.74, 6) is 0.246. The average Bonchev–Trinajstić information content (AvgIpc) is 2.43. The fraction of sp³-hybridized carbons (Fsp3) is 0.500. The van der Waals surface area contributed by atoms with Crippen LogP contribution in [0.15, 0.2) is 24.3 Å². The first-order valence-electron chi connectivity index (χ1n) is 6.01. The van der Waals surface area contributed by atoms with Crippen LogP contribution in [-0.2, 0) is 4.74 Å². The van der Waals surface area contributed by atoms with E-state index in [1.165, 1.54) is 31.2 Å². The van der Waals surface area contributed by atoms with Crippen LogP contribution in [0.4, 0.5) is 5.69 Å². The number of ether oxygens (including phenoxy) is 2. The number of aliphatic hydroxyl groups is 3. The van der Waals surface area contributed by atoms with Gasteiger partial charge in [0.05, 0.1) is 11.0 Å². The third-order valence-corrected chi connectivity index (χ3v) is 3.11. The van der Waals surface area contributed by atoms with E-state index >= 15 is 0 Å². The van der Waals surface area contributed by atoms with Crippen molar-refractivity contribution < 1.29 is 29.7 Å². The quantitative estimate of drug-likeness (QED) is 0.519. The standard InChI is InChI=1S/C12H15NO7/c1-6-9(14)10(15)11(16)12(19-6)20-8-4-2-7(3-5-8)13(17)18/h2-6,9-12,14-16H,1H3/t6-,9+,10+,11+,12+/m0/s1. The highest BCUT2D eigenvalue weighted by Crippen LogP contribution is 2.25. The zero-order valence-electron chi connectivity index (χ0n) is 10.6. The van der Waals surface area contributed by atoms with Crippen LogP contribution in [0.1, 0.15) is 6.92 Å². The molecule has 0 bridgehead atoms. The van der Waals surface area contributed by atoms with Gasteiger partial charge in [-0.05, 0) is 19.1 Å². The van der Waals surface area contributed by atoms with E-state index in [1.54, 1.807) is 0 Å². The summed E-state index contributed by atoms with van der Waals surface area (Å²) in [6.07, 6.45) is -5.89. The van der Waals surface area contributed by atoms with Crippen molar-refractivity contribution in [1.82, 2.24) is 0 Å². The number of aliphatic hydroxyl groups excluding tert-OH is 3. The predicted molar refractivity (Wildman–Crippen MR) is 66.1 cm³/mol. The van der Waals surface area contributed by atoms with Gasteiger partial charge in [-0.1, -0.05) is 0 Å². The van der Waals surface area contributed by atoms with Crippen molar-refractivity contribution >= 4 is 5.69 Å². The molecule has 2 rings (SSSR count). The normalized spacial score (nSPS) is 33.7. The number of nitro benzene ring substituents is 1. The van der Waals surface area contributed by atoms with E-state index in [9.17, 15) is 25.4 Å². The van der Waals surface area contributed by atoms with Crippen molar-refractivity contribution in [2.45, 2.75) is 37.6 Å². The largest absolute Gasteiger partial charge is 0.462 e. The first-order valence-corrected chi connectivity index (χ1v) is 6.01. The number of non-ortho nitro benzene ring substituents is 1. The first kappa shape index (κ1) is 14.7. The molecular formula is C12H15NO7. The van der Waals surface area contributed by atoms with Crippen molar-refractivity contribution in [3.8, 4) is 5.75 Å². The van der Waals surface area contributed by atoms with Gasteiger partial charge >= 0.3 is 0 Å². The van der Waals surface area contributed by atoms with Crippen LogP contribution in [0.5, 0.6) is 5.75 Å². The van der Waals surface area contributed by atoms with Gasteiger partial charge < -0.3 is 24.8 Å². The lowest BCUT2D eigenvalue weighted by molar-refractivity contribution is -0.384. The topological polar surface area (TPSA) is 122 Å². The molecule has 0 aromatic heterocycles. The molecule has 1 aliphatic rings. The lowest BCUT2D eigenvalue weighted by atomic mass is 10.00. The molecule has 0 spiro atoms. The number of nitro groups is 1. The minimum absolute atomic E-state index is 0.0914. The summed E-state index contributed by atoms with van der Waals surface area (Å²) >= 11 is 0. The molecule has 0 aliphatic carbocycles. The van der Waals surface area contributed by atoms with Crippen LogP contribution in [0.2, 0.25) is 0 Å². The van der Waals surface area contributed by atoms with Gasteiger partial charge in [0.2, 0.25) is 6.29 Å². The van der Waals surface area contributed by atoms with E-state index in [2.05, 4.69) is 0 Å². The number of benzene rings is 1. The average molecular weight is 285 g/mol. The van der Waals surface area contributed by atoms with E-state index in [1.807, 2.05) is 0 Å². The van der Waals surface area contributed by atoms with E-state index in [4.69, 9.17) is 9.47 Å². The molecule has 0 amide bonds. The molecular weight excluding hydrogens is 270 g/mol. The van der Waals surface area contributed by atoms with E-state index in [0.717, 1.165) is 0 Å².